The first kappa shape index (κ1) is 14.4. The Morgan fingerprint density at radius 2 is 2.05 bits per heavy atom. The molecule has 1 amide bonds. The summed E-state index contributed by atoms with van der Waals surface area (Å²) in [5.41, 5.74) is 0. The number of carbonyl (C=O) groups is 1. The van der Waals surface area contributed by atoms with E-state index in [2.05, 4.69) is 41.9 Å². The number of benzene rings is 1. The van der Waals surface area contributed by atoms with E-state index in [9.17, 15) is 4.79 Å². The maximum atomic E-state index is 12.0. The van der Waals surface area contributed by atoms with Gasteiger partial charge in [0, 0.05) is 4.47 Å². The molecule has 7 nitrogen and oxygen atoms in total. The molecule has 1 aromatic heterocycles. The number of aromatic amines is 1. The SMILES string of the molecule is CC(Oc1ccc(Br)cc1)C(=O)NC(C)c1nn[nH]n1. The Labute approximate surface area is 124 Å². The van der Waals surface area contributed by atoms with Crippen LogP contribution in [0.4, 0.5) is 0 Å². The number of H-pyrrole nitrogens is 1. The molecule has 1 aromatic carbocycles. The van der Waals surface area contributed by atoms with Crippen LogP contribution in [-0.2, 0) is 4.79 Å². The summed E-state index contributed by atoms with van der Waals surface area (Å²) >= 11 is 3.34. The van der Waals surface area contributed by atoms with E-state index >= 15 is 0 Å². The minimum atomic E-state index is -0.620. The monoisotopic (exact) mass is 339 g/mol. The molecule has 2 aromatic rings. The number of rotatable bonds is 5. The van der Waals surface area contributed by atoms with Crippen LogP contribution in [0.15, 0.2) is 28.7 Å². The molecular formula is C12H14BrN5O2. The molecule has 2 unspecified atom stereocenters. The number of nitrogens with one attached hydrogen (secondary N) is 2. The van der Waals surface area contributed by atoms with Crippen molar-refractivity contribution in [2.75, 3.05) is 0 Å². The minimum absolute atomic E-state index is 0.245. The number of hydrogen-bond donors (Lipinski definition) is 2. The van der Waals surface area contributed by atoms with Gasteiger partial charge in [-0.15, -0.1) is 10.2 Å². The van der Waals surface area contributed by atoms with Crippen molar-refractivity contribution in [2.24, 2.45) is 0 Å². The zero-order chi connectivity index (χ0) is 14.5. The summed E-state index contributed by atoms with van der Waals surface area (Å²) in [5, 5.41) is 16.2. The van der Waals surface area contributed by atoms with Crippen molar-refractivity contribution in [3.63, 3.8) is 0 Å². The molecule has 1 heterocycles. The molecule has 2 rings (SSSR count). The van der Waals surface area contributed by atoms with Crippen LogP contribution < -0.4 is 10.1 Å². The van der Waals surface area contributed by atoms with Gasteiger partial charge in [0.25, 0.3) is 5.91 Å². The van der Waals surface area contributed by atoms with E-state index in [1.807, 2.05) is 12.1 Å². The summed E-state index contributed by atoms with van der Waals surface area (Å²) < 4.78 is 6.50. The molecule has 0 bridgehead atoms. The third-order valence-electron chi connectivity index (χ3n) is 2.60. The van der Waals surface area contributed by atoms with Crippen molar-refractivity contribution in [1.82, 2.24) is 25.9 Å². The molecule has 0 aliphatic heterocycles. The minimum Gasteiger partial charge on any atom is -0.481 e. The van der Waals surface area contributed by atoms with Gasteiger partial charge in [0.1, 0.15) is 5.75 Å². The third-order valence-corrected chi connectivity index (χ3v) is 3.13. The van der Waals surface area contributed by atoms with Crippen LogP contribution in [0, 0.1) is 0 Å². The average molecular weight is 340 g/mol. The maximum Gasteiger partial charge on any atom is 0.261 e. The summed E-state index contributed by atoms with van der Waals surface area (Å²) in [5.74, 6) is 0.808. The molecule has 0 radical (unpaired) electrons. The van der Waals surface area contributed by atoms with Crippen LogP contribution in [0.25, 0.3) is 0 Å². The fourth-order valence-electron chi connectivity index (χ4n) is 1.52. The molecule has 2 N–H and O–H groups in total. The van der Waals surface area contributed by atoms with Crippen LogP contribution >= 0.6 is 15.9 Å². The highest BCUT2D eigenvalue weighted by atomic mass is 79.9. The van der Waals surface area contributed by atoms with Crippen molar-refractivity contribution in [1.29, 1.82) is 0 Å². The highest BCUT2D eigenvalue weighted by Crippen LogP contribution is 2.17. The number of ether oxygens (including phenoxy) is 1. The Morgan fingerprint density at radius 1 is 1.35 bits per heavy atom. The lowest BCUT2D eigenvalue weighted by atomic mass is 10.3. The molecule has 0 fully saturated rings. The van der Waals surface area contributed by atoms with Crippen molar-refractivity contribution in [3.8, 4) is 5.75 Å². The second-order valence-corrected chi connectivity index (χ2v) is 5.13. The molecular weight excluding hydrogens is 326 g/mol. The first-order valence-electron chi connectivity index (χ1n) is 6.02. The lowest BCUT2D eigenvalue weighted by molar-refractivity contribution is -0.128. The Hall–Kier alpha value is -1.96. The number of hydrogen-bond acceptors (Lipinski definition) is 5. The van der Waals surface area contributed by atoms with Crippen LogP contribution in [0.1, 0.15) is 25.7 Å². The number of halogens is 1. The molecule has 20 heavy (non-hydrogen) atoms. The Bertz CT molecular complexity index is 558. The van der Waals surface area contributed by atoms with Gasteiger partial charge < -0.3 is 10.1 Å². The van der Waals surface area contributed by atoms with Gasteiger partial charge in [-0.05, 0) is 38.1 Å². The molecule has 2 atom stereocenters. The van der Waals surface area contributed by atoms with Crippen LogP contribution in [0.2, 0.25) is 0 Å². The fraction of sp³-hybridized carbons (Fsp3) is 0.333. The van der Waals surface area contributed by atoms with Crippen molar-refractivity contribution in [2.45, 2.75) is 26.0 Å². The van der Waals surface area contributed by atoms with Gasteiger partial charge in [0.05, 0.1) is 6.04 Å². The predicted octanol–water partition coefficient (Wildman–Crippen LogP) is 1.61. The number of nitrogens with zero attached hydrogens (tertiary/aromatic N) is 3. The molecule has 0 spiro atoms. The van der Waals surface area contributed by atoms with E-state index in [0.29, 0.717) is 11.6 Å². The Morgan fingerprint density at radius 3 is 2.65 bits per heavy atom. The van der Waals surface area contributed by atoms with Crippen molar-refractivity contribution < 1.29 is 9.53 Å². The first-order valence-corrected chi connectivity index (χ1v) is 6.81. The number of aromatic nitrogens is 4. The summed E-state index contributed by atoms with van der Waals surface area (Å²) in [7, 11) is 0. The first-order chi connectivity index (χ1) is 9.56. The van der Waals surface area contributed by atoms with Gasteiger partial charge >= 0.3 is 0 Å². The Balaban J connectivity index is 1.90. The molecule has 8 heteroatoms. The molecule has 0 saturated carbocycles. The highest BCUT2D eigenvalue weighted by molar-refractivity contribution is 9.10. The third kappa shape index (κ3) is 3.77. The Kier molecular flexibility index (Phi) is 4.67. The van der Waals surface area contributed by atoms with Gasteiger partial charge in [-0.3, -0.25) is 4.79 Å². The largest absolute Gasteiger partial charge is 0.481 e. The second kappa shape index (κ2) is 6.47. The van der Waals surface area contributed by atoms with Crippen LogP contribution in [0.3, 0.4) is 0 Å². The van der Waals surface area contributed by atoms with E-state index in [-0.39, 0.29) is 11.9 Å². The van der Waals surface area contributed by atoms with E-state index in [1.54, 1.807) is 26.0 Å². The highest BCUT2D eigenvalue weighted by Gasteiger charge is 2.19. The molecule has 0 aliphatic rings. The van der Waals surface area contributed by atoms with Crippen LogP contribution in [0.5, 0.6) is 5.75 Å². The lowest BCUT2D eigenvalue weighted by Gasteiger charge is -2.17. The van der Waals surface area contributed by atoms with Crippen molar-refractivity contribution in [3.05, 3.63) is 34.6 Å². The smallest absolute Gasteiger partial charge is 0.261 e. The summed E-state index contributed by atoms with van der Waals surface area (Å²) in [4.78, 5) is 12.0. The standard InChI is InChI=1S/C12H14BrN5O2/c1-7(11-15-17-18-16-11)14-12(19)8(2)20-10-5-3-9(13)4-6-10/h3-8H,1-2H3,(H,14,19)(H,15,16,17,18). The zero-order valence-electron chi connectivity index (χ0n) is 11.0. The van der Waals surface area contributed by atoms with Crippen LogP contribution in [-0.4, -0.2) is 32.6 Å². The van der Waals surface area contributed by atoms with Gasteiger partial charge in [0.2, 0.25) is 0 Å². The molecule has 0 aliphatic carbocycles. The van der Waals surface area contributed by atoms with E-state index in [0.717, 1.165) is 4.47 Å². The molecule has 106 valence electrons. The summed E-state index contributed by atoms with van der Waals surface area (Å²) in [6.07, 6.45) is -0.620. The summed E-state index contributed by atoms with van der Waals surface area (Å²) in [6, 6.07) is 6.94. The van der Waals surface area contributed by atoms with Gasteiger partial charge in [-0.1, -0.05) is 21.1 Å². The quantitative estimate of drug-likeness (QED) is 0.863. The average Bonchev–Trinajstić information content (AvgIpc) is 2.95. The number of tetrazole rings is 1. The predicted molar refractivity (Wildman–Crippen MR) is 75.0 cm³/mol. The second-order valence-electron chi connectivity index (χ2n) is 4.21. The normalized spacial score (nSPS) is 13.6. The summed E-state index contributed by atoms with van der Waals surface area (Å²) in [6.45, 7) is 3.45. The number of carbonyl (C=O) groups excluding carboxylic acids is 1. The fourth-order valence-corrected chi connectivity index (χ4v) is 1.78. The maximum absolute atomic E-state index is 12.0. The van der Waals surface area contributed by atoms with E-state index in [1.165, 1.54) is 0 Å². The van der Waals surface area contributed by atoms with E-state index < -0.39 is 6.10 Å². The van der Waals surface area contributed by atoms with Crippen molar-refractivity contribution >= 4 is 21.8 Å². The topological polar surface area (TPSA) is 92.8 Å². The van der Waals surface area contributed by atoms with Gasteiger partial charge in [-0.2, -0.15) is 5.21 Å². The number of amides is 1. The van der Waals surface area contributed by atoms with Gasteiger partial charge in [0.15, 0.2) is 11.9 Å². The zero-order valence-corrected chi connectivity index (χ0v) is 12.6. The molecule has 0 saturated heterocycles. The van der Waals surface area contributed by atoms with E-state index in [4.69, 9.17) is 4.74 Å². The lowest BCUT2D eigenvalue weighted by Crippen LogP contribution is -2.38. The van der Waals surface area contributed by atoms with Gasteiger partial charge in [-0.25, -0.2) is 0 Å².